The number of hydrogen-bond acceptors (Lipinski definition) is 5. The molecule has 0 aliphatic carbocycles. The topological polar surface area (TPSA) is 88.6 Å². The minimum atomic E-state index is -0.445. The number of morpholine rings is 1. The maximum absolute atomic E-state index is 11.4. The van der Waals surface area contributed by atoms with Crippen LogP contribution >= 0.6 is 0 Å². The van der Waals surface area contributed by atoms with Gasteiger partial charge in [0.2, 0.25) is 5.91 Å². The van der Waals surface area contributed by atoms with Crippen LogP contribution in [0.4, 0.5) is 0 Å². The van der Waals surface area contributed by atoms with Crippen molar-refractivity contribution in [2.75, 3.05) is 26.9 Å². The summed E-state index contributed by atoms with van der Waals surface area (Å²) in [7, 11) is 1.58. The lowest BCUT2D eigenvalue weighted by molar-refractivity contribution is -0.129. The van der Waals surface area contributed by atoms with Crippen LogP contribution in [0, 0.1) is 11.3 Å². The summed E-state index contributed by atoms with van der Waals surface area (Å²) in [5.41, 5.74) is 6.81. The van der Waals surface area contributed by atoms with Gasteiger partial charge < -0.3 is 15.2 Å². The van der Waals surface area contributed by atoms with Gasteiger partial charge in [0.1, 0.15) is 11.8 Å². The van der Waals surface area contributed by atoms with E-state index in [0.29, 0.717) is 37.6 Å². The molecule has 1 unspecified atom stereocenters. The van der Waals surface area contributed by atoms with E-state index in [1.165, 1.54) is 0 Å². The maximum atomic E-state index is 11.4. The van der Waals surface area contributed by atoms with Gasteiger partial charge in [0.05, 0.1) is 32.0 Å². The van der Waals surface area contributed by atoms with Gasteiger partial charge in [-0.1, -0.05) is 0 Å². The fourth-order valence-electron chi connectivity index (χ4n) is 2.28. The van der Waals surface area contributed by atoms with Gasteiger partial charge in [-0.3, -0.25) is 9.69 Å². The van der Waals surface area contributed by atoms with Gasteiger partial charge in [-0.25, -0.2) is 0 Å². The summed E-state index contributed by atoms with van der Waals surface area (Å²) in [5.74, 6) is 0.291. The van der Waals surface area contributed by atoms with Crippen molar-refractivity contribution in [2.24, 2.45) is 5.73 Å². The molecule has 0 radical (unpaired) electrons. The standard InChI is InChI=1S/C14H17N3O3/c1-19-13-3-2-10(7-15)6-11(13)8-17-4-5-20-9-12(17)14(16)18/h2-3,6,12H,4-5,8-9H2,1H3,(H2,16,18). The van der Waals surface area contributed by atoms with E-state index in [0.717, 1.165) is 5.56 Å². The van der Waals surface area contributed by atoms with Crippen LogP contribution in [0.1, 0.15) is 11.1 Å². The van der Waals surface area contributed by atoms with E-state index in [-0.39, 0.29) is 0 Å². The predicted molar refractivity (Wildman–Crippen MR) is 71.9 cm³/mol. The highest BCUT2D eigenvalue weighted by molar-refractivity contribution is 5.80. The molecule has 1 aliphatic heterocycles. The second-order valence-corrected chi connectivity index (χ2v) is 4.60. The van der Waals surface area contributed by atoms with Gasteiger partial charge in [0.15, 0.2) is 0 Å². The normalized spacial score (nSPS) is 19.3. The number of benzene rings is 1. The molecule has 1 atom stereocenters. The van der Waals surface area contributed by atoms with Crippen molar-refractivity contribution in [1.29, 1.82) is 5.26 Å². The van der Waals surface area contributed by atoms with Crippen LogP contribution in [0.2, 0.25) is 0 Å². The van der Waals surface area contributed by atoms with Crippen LogP contribution in [0.5, 0.6) is 5.75 Å². The monoisotopic (exact) mass is 275 g/mol. The van der Waals surface area contributed by atoms with Crippen LogP contribution in [0.25, 0.3) is 0 Å². The summed E-state index contributed by atoms with van der Waals surface area (Å²) in [6.07, 6.45) is 0. The average Bonchev–Trinajstić information content (AvgIpc) is 2.47. The number of carbonyl (C=O) groups is 1. The van der Waals surface area contributed by atoms with E-state index in [1.807, 2.05) is 4.90 Å². The van der Waals surface area contributed by atoms with Crippen LogP contribution in [-0.4, -0.2) is 43.7 Å². The Kier molecular flexibility index (Phi) is 4.56. The smallest absolute Gasteiger partial charge is 0.237 e. The molecular weight excluding hydrogens is 258 g/mol. The Balaban J connectivity index is 2.23. The summed E-state index contributed by atoms with van der Waals surface area (Å²) < 4.78 is 10.6. The zero-order chi connectivity index (χ0) is 14.5. The molecule has 20 heavy (non-hydrogen) atoms. The molecule has 1 aromatic carbocycles. The first-order valence-electron chi connectivity index (χ1n) is 6.34. The van der Waals surface area contributed by atoms with E-state index in [9.17, 15) is 4.79 Å². The number of nitrogens with two attached hydrogens (primary N) is 1. The molecule has 0 saturated carbocycles. The van der Waals surface area contributed by atoms with Crippen molar-refractivity contribution in [3.05, 3.63) is 29.3 Å². The van der Waals surface area contributed by atoms with E-state index in [2.05, 4.69) is 6.07 Å². The Labute approximate surface area is 117 Å². The molecular formula is C14H17N3O3. The van der Waals surface area contributed by atoms with Crippen molar-refractivity contribution in [3.63, 3.8) is 0 Å². The van der Waals surface area contributed by atoms with Gasteiger partial charge in [0.25, 0.3) is 0 Å². The van der Waals surface area contributed by atoms with Gasteiger partial charge in [0, 0.05) is 18.7 Å². The zero-order valence-electron chi connectivity index (χ0n) is 11.3. The molecule has 1 amide bonds. The minimum absolute atomic E-state index is 0.301. The fourth-order valence-corrected chi connectivity index (χ4v) is 2.28. The highest BCUT2D eigenvalue weighted by Crippen LogP contribution is 2.23. The van der Waals surface area contributed by atoms with Crippen LogP contribution in [0.3, 0.4) is 0 Å². The molecule has 0 bridgehead atoms. The number of primary amides is 1. The van der Waals surface area contributed by atoms with Crippen LogP contribution in [-0.2, 0) is 16.1 Å². The van der Waals surface area contributed by atoms with Crippen LogP contribution in [0.15, 0.2) is 18.2 Å². The zero-order valence-corrected chi connectivity index (χ0v) is 11.3. The second kappa shape index (κ2) is 6.37. The van der Waals surface area contributed by atoms with Gasteiger partial charge in [-0.15, -0.1) is 0 Å². The number of rotatable bonds is 4. The second-order valence-electron chi connectivity index (χ2n) is 4.60. The highest BCUT2D eigenvalue weighted by Gasteiger charge is 2.28. The molecule has 1 fully saturated rings. The molecule has 6 heteroatoms. The van der Waals surface area contributed by atoms with E-state index in [4.69, 9.17) is 20.5 Å². The van der Waals surface area contributed by atoms with Crippen molar-refractivity contribution in [2.45, 2.75) is 12.6 Å². The average molecular weight is 275 g/mol. The number of hydrogen-bond donors (Lipinski definition) is 1. The summed E-state index contributed by atoms with van der Waals surface area (Å²) in [4.78, 5) is 13.4. The third-order valence-electron chi connectivity index (χ3n) is 3.35. The molecule has 0 spiro atoms. The predicted octanol–water partition coefficient (Wildman–Crippen LogP) is 0.253. The molecule has 2 N–H and O–H groups in total. The van der Waals surface area contributed by atoms with Crippen LogP contribution < -0.4 is 10.5 Å². The Bertz CT molecular complexity index is 539. The minimum Gasteiger partial charge on any atom is -0.496 e. The van der Waals surface area contributed by atoms with Crippen molar-refractivity contribution >= 4 is 5.91 Å². The number of amides is 1. The Morgan fingerprint density at radius 1 is 1.65 bits per heavy atom. The first kappa shape index (κ1) is 14.3. The molecule has 2 rings (SSSR count). The molecule has 6 nitrogen and oxygen atoms in total. The highest BCUT2D eigenvalue weighted by atomic mass is 16.5. The lowest BCUT2D eigenvalue weighted by Crippen LogP contribution is -2.51. The van der Waals surface area contributed by atoms with E-state index >= 15 is 0 Å². The molecule has 1 aromatic rings. The first-order valence-corrected chi connectivity index (χ1v) is 6.34. The van der Waals surface area contributed by atoms with Gasteiger partial charge in [-0.2, -0.15) is 5.26 Å². The fraction of sp³-hybridized carbons (Fsp3) is 0.429. The molecule has 1 saturated heterocycles. The van der Waals surface area contributed by atoms with E-state index in [1.54, 1.807) is 25.3 Å². The largest absolute Gasteiger partial charge is 0.496 e. The molecule has 1 aliphatic rings. The SMILES string of the molecule is COc1ccc(C#N)cc1CN1CCOCC1C(N)=O. The van der Waals surface area contributed by atoms with Crippen molar-refractivity contribution < 1.29 is 14.3 Å². The number of nitrogens with zero attached hydrogens (tertiary/aromatic N) is 2. The molecule has 0 aromatic heterocycles. The number of carbonyl (C=O) groups excluding carboxylic acids is 1. The summed E-state index contributed by atoms with van der Waals surface area (Å²) >= 11 is 0. The van der Waals surface area contributed by atoms with Crippen molar-refractivity contribution in [3.8, 4) is 11.8 Å². The molecule has 1 heterocycles. The summed E-state index contributed by atoms with van der Waals surface area (Å²) in [6.45, 7) is 1.98. The maximum Gasteiger partial charge on any atom is 0.237 e. The Morgan fingerprint density at radius 3 is 3.10 bits per heavy atom. The van der Waals surface area contributed by atoms with E-state index < -0.39 is 11.9 Å². The van der Waals surface area contributed by atoms with Crippen molar-refractivity contribution in [1.82, 2.24) is 4.90 Å². The third-order valence-corrected chi connectivity index (χ3v) is 3.35. The number of nitriles is 1. The lowest BCUT2D eigenvalue weighted by Gasteiger charge is -2.33. The van der Waals surface area contributed by atoms with Gasteiger partial charge in [-0.05, 0) is 18.2 Å². The number of methoxy groups -OCH3 is 1. The molecule has 106 valence electrons. The quantitative estimate of drug-likeness (QED) is 0.851. The first-order chi connectivity index (χ1) is 9.65. The Morgan fingerprint density at radius 2 is 2.45 bits per heavy atom. The Hall–Kier alpha value is -2.10. The number of ether oxygens (including phenoxy) is 2. The lowest BCUT2D eigenvalue weighted by atomic mass is 10.1. The summed E-state index contributed by atoms with van der Waals surface area (Å²) in [5, 5.41) is 8.97. The van der Waals surface area contributed by atoms with Gasteiger partial charge >= 0.3 is 0 Å². The third kappa shape index (κ3) is 3.07. The summed E-state index contributed by atoms with van der Waals surface area (Å²) in [6, 6.07) is 6.88.